The van der Waals surface area contributed by atoms with Crippen LogP contribution in [0.5, 0.6) is 0 Å². The molecule has 2 heteroatoms. The fourth-order valence-corrected chi connectivity index (χ4v) is 4.56. The molecule has 2 atom stereocenters. The maximum absolute atomic E-state index is 11.6. The summed E-state index contributed by atoms with van der Waals surface area (Å²) >= 11 is 0. The largest absolute Gasteiger partial charge is 0.150 e. The molecule has 2 unspecified atom stereocenters. The molecule has 22 heavy (non-hydrogen) atoms. The Morgan fingerprint density at radius 1 is 1.00 bits per heavy atom. The first-order valence-corrected chi connectivity index (χ1v) is 9.86. The van der Waals surface area contributed by atoms with Gasteiger partial charge in [-0.1, -0.05) is 90.7 Å². The summed E-state index contributed by atoms with van der Waals surface area (Å²) in [5, 5.41) is 3.63. The van der Waals surface area contributed by atoms with E-state index in [0.717, 1.165) is 25.7 Å². The number of hydrogen-bond acceptors (Lipinski definition) is 2. The van der Waals surface area contributed by atoms with Gasteiger partial charge in [-0.25, -0.2) is 0 Å². The van der Waals surface area contributed by atoms with Crippen molar-refractivity contribution in [1.29, 1.82) is 0 Å². The number of rotatable bonds is 7. The average molecular weight is 310 g/mol. The second-order valence-electron chi connectivity index (χ2n) is 8.07. The molecule has 130 valence electrons. The topological polar surface area (TPSA) is 29.4 Å². The van der Waals surface area contributed by atoms with E-state index in [0.29, 0.717) is 0 Å². The summed E-state index contributed by atoms with van der Waals surface area (Å²) in [4.78, 5) is 11.6. The summed E-state index contributed by atoms with van der Waals surface area (Å²) < 4.78 is 0. The third kappa shape index (κ3) is 4.80. The minimum atomic E-state index is -0.00890. The van der Waals surface area contributed by atoms with E-state index >= 15 is 0 Å². The van der Waals surface area contributed by atoms with Crippen molar-refractivity contribution in [3.05, 3.63) is 4.91 Å². The van der Waals surface area contributed by atoms with Gasteiger partial charge in [0.1, 0.15) is 0 Å². The van der Waals surface area contributed by atoms with Crippen molar-refractivity contribution in [2.45, 2.75) is 117 Å². The third-order valence-corrected chi connectivity index (χ3v) is 6.76. The second kappa shape index (κ2) is 9.67. The summed E-state index contributed by atoms with van der Waals surface area (Å²) in [5.74, 6) is 0. The van der Waals surface area contributed by atoms with Crippen molar-refractivity contribution in [2.75, 3.05) is 0 Å². The molecule has 1 fully saturated rings. The van der Waals surface area contributed by atoms with Gasteiger partial charge in [0.15, 0.2) is 0 Å². The minimum absolute atomic E-state index is 0.00890. The van der Waals surface area contributed by atoms with Crippen LogP contribution in [-0.4, -0.2) is 6.04 Å². The number of nitrogens with zero attached hydrogens (tertiary/aromatic N) is 1. The van der Waals surface area contributed by atoms with E-state index in [2.05, 4.69) is 32.9 Å². The van der Waals surface area contributed by atoms with E-state index < -0.39 is 0 Å². The lowest BCUT2D eigenvalue weighted by Crippen LogP contribution is -2.45. The van der Waals surface area contributed by atoms with Crippen molar-refractivity contribution in [1.82, 2.24) is 0 Å². The zero-order chi connectivity index (χ0) is 16.5. The van der Waals surface area contributed by atoms with E-state index in [1.54, 1.807) is 0 Å². The first-order valence-electron chi connectivity index (χ1n) is 9.86. The normalized spacial score (nSPS) is 24.2. The van der Waals surface area contributed by atoms with Crippen molar-refractivity contribution in [3.63, 3.8) is 0 Å². The summed E-state index contributed by atoms with van der Waals surface area (Å²) in [7, 11) is 0. The molecule has 0 N–H and O–H groups in total. The zero-order valence-electron chi connectivity index (χ0n) is 15.6. The van der Waals surface area contributed by atoms with Crippen molar-refractivity contribution in [2.24, 2.45) is 16.0 Å². The average Bonchev–Trinajstić information content (AvgIpc) is 2.53. The Hall–Kier alpha value is -0.400. The zero-order valence-corrected chi connectivity index (χ0v) is 15.6. The molecule has 0 spiro atoms. The maximum Gasteiger partial charge on any atom is 0.0978 e. The van der Waals surface area contributed by atoms with Crippen molar-refractivity contribution >= 4 is 0 Å². The van der Waals surface area contributed by atoms with E-state index in [-0.39, 0.29) is 16.9 Å². The Kier molecular flexibility index (Phi) is 8.64. The van der Waals surface area contributed by atoms with Crippen molar-refractivity contribution in [3.8, 4) is 0 Å². The van der Waals surface area contributed by atoms with Gasteiger partial charge in [0, 0.05) is 0 Å². The standard InChI is InChI=1S/C20H39NO/c1-5-7-15-18(21-22)20(4,6-2)19(3)16-13-11-9-8-10-12-14-17-19/h18H,5-17H2,1-4H3. The lowest BCUT2D eigenvalue weighted by molar-refractivity contribution is 0.0104. The van der Waals surface area contributed by atoms with Gasteiger partial charge >= 0.3 is 0 Å². The van der Waals surface area contributed by atoms with Gasteiger partial charge in [-0.3, -0.25) is 0 Å². The number of unbranched alkanes of at least 4 members (excludes halogenated alkanes) is 1. The molecular formula is C20H39NO. The molecule has 2 nitrogen and oxygen atoms in total. The van der Waals surface area contributed by atoms with Gasteiger partial charge in [0.05, 0.1) is 6.04 Å². The van der Waals surface area contributed by atoms with Crippen LogP contribution in [0.4, 0.5) is 0 Å². The Labute approximate surface area is 138 Å². The smallest absolute Gasteiger partial charge is 0.0978 e. The molecule has 0 heterocycles. The van der Waals surface area contributed by atoms with Crippen LogP contribution in [-0.2, 0) is 0 Å². The molecule has 1 aliphatic rings. The molecule has 0 radical (unpaired) electrons. The highest BCUT2D eigenvalue weighted by atomic mass is 16.3. The summed E-state index contributed by atoms with van der Waals surface area (Å²) in [6.07, 6.45) is 16.5. The quantitative estimate of drug-likeness (QED) is 0.455. The van der Waals surface area contributed by atoms with Crippen LogP contribution in [0, 0.1) is 15.7 Å². The summed E-state index contributed by atoms with van der Waals surface area (Å²) in [6, 6.07) is -0.00890. The van der Waals surface area contributed by atoms with E-state index in [1.807, 2.05) is 0 Å². The first kappa shape index (κ1) is 19.6. The van der Waals surface area contributed by atoms with Crippen LogP contribution in [0.2, 0.25) is 0 Å². The molecular weight excluding hydrogens is 270 g/mol. The number of nitroso groups, excluding NO2 is 1. The van der Waals surface area contributed by atoms with Gasteiger partial charge in [-0.2, -0.15) is 4.91 Å². The molecule has 0 aromatic carbocycles. The third-order valence-electron chi connectivity index (χ3n) is 6.76. The van der Waals surface area contributed by atoms with Gasteiger partial charge in [0.2, 0.25) is 0 Å². The highest BCUT2D eigenvalue weighted by Crippen LogP contribution is 2.53. The summed E-state index contributed by atoms with van der Waals surface area (Å²) in [5.41, 5.74) is 0.328. The molecule has 0 aliphatic heterocycles. The Morgan fingerprint density at radius 3 is 1.91 bits per heavy atom. The van der Waals surface area contributed by atoms with Crippen LogP contribution >= 0.6 is 0 Å². The Bertz CT molecular complexity index is 305. The van der Waals surface area contributed by atoms with E-state index in [1.165, 1.54) is 57.8 Å². The van der Waals surface area contributed by atoms with Crippen LogP contribution in [0.3, 0.4) is 0 Å². The fraction of sp³-hybridized carbons (Fsp3) is 1.00. The fourth-order valence-electron chi connectivity index (χ4n) is 4.56. The van der Waals surface area contributed by atoms with Crippen LogP contribution in [0.25, 0.3) is 0 Å². The van der Waals surface area contributed by atoms with Gasteiger partial charge in [-0.15, -0.1) is 0 Å². The van der Waals surface area contributed by atoms with E-state index in [9.17, 15) is 4.91 Å². The van der Waals surface area contributed by atoms with Gasteiger partial charge in [-0.05, 0) is 36.5 Å². The second-order valence-corrected chi connectivity index (χ2v) is 8.07. The molecule has 1 rings (SSSR count). The van der Waals surface area contributed by atoms with Gasteiger partial charge in [0.25, 0.3) is 0 Å². The predicted octanol–water partition coefficient (Wildman–Crippen LogP) is 7.26. The molecule has 0 bridgehead atoms. The van der Waals surface area contributed by atoms with Crippen LogP contribution in [0.1, 0.15) is 111 Å². The molecule has 1 aliphatic carbocycles. The molecule has 0 aromatic rings. The lowest BCUT2D eigenvalue weighted by atomic mass is 9.55. The SMILES string of the molecule is CCCCC(N=O)C(C)(CC)C1(C)CCCCCCCCC1. The Morgan fingerprint density at radius 2 is 1.50 bits per heavy atom. The molecule has 0 amide bonds. The Balaban J connectivity index is 2.94. The van der Waals surface area contributed by atoms with Crippen LogP contribution in [0.15, 0.2) is 5.18 Å². The van der Waals surface area contributed by atoms with E-state index in [4.69, 9.17) is 0 Å². The molecule has 0 saturated heterocycles. The monoisotopic (exact) mass is 309 g/mol. The van der Waals surface area contributed by atoms with Gasteiger partial charge < -0.3 is 0 Å². The highest BCUT2D eigenvalue weighted by molar-refractivity contribution is 4.99. The summed E-state index contributed by atoms with van der Waals surface area (Å²) in [6.45, 7) is 9.30. The molecule has 1 saturated carbocycles. The predicted molar refractivity (Wildman–Crippen MR) is 97.2 cm³/mol. The van der Waals surface area contributed by atoms with Crippen LogP contribution < -0.4 is 0 Å². The van der Waals surface area contributed by atoms with Crippen molar-refractivity contribution < 1.29 is 0 Å². The minimum Gasteiger partial charge on any atom is -0.150 e. The lowest BCUT2D eigenvalue weighted by Gasteiger charge is -2.49. The maximum atomic E-state index is 11.6. The molecule has 0 aromatic heterocycles. The highest BCUT2D eigenvalue weighted by Gasteiger charge is 2.48. The number of hydrogen-bond donors (Lipinski definition) is 0. The first-order chi connectivity index (χ1) is 10.5.